The molecular weight excluding hydrogens is 212 g/mol. The number of aromatic nitrogens is 2. The second kappa shape index (κ2) is 8.04. The van der Waals surface area contributed by atoms with Crippen molar-refractivity contribution in [3.05, 3.63) is 18.0 Å². The number of hydrogen-bond donors (Lipinski definition) is 0. The number of carbonyl (C=O) groups is 1. The summed E-state index contributed by atoms with van der Waals surface area (Å²) >= 11 is 0. The molecule has 1 aromatic rings. The molecule has 17 heavy (non-hydrogen) atoms. The Balaban J connectivity index is 2.05. The van der Waals surface area contributed by atoms with Gasteiger partial charge in [-0.2, -0.15) is 5.10 Å². The lowest BCUT2D eigenvalue weighted by molar-refractivity contribution is -0.118. The van der Waals surface area contributed by atoms with Gasteiger partial charge >= 0.3 is 0 Å². The van der Waals surface area contributed by atoms with E-state index in [1.54, 1.807) is 10.9 Å². The van der Waals surface area contributed by atoms with Gasteiger partial charge < -0.3 is 0 Å². The number of nitrogens with zero attached hydrogens (tertiary/aromatic N) is 2. The van der Waals surface area contributed by atoms with E-state index >= 15 is 0 Å². The van der Waals surface area contributed by atoms with Crippen LogP contribution in [-0.2, 0) is 18.3 Å². The third kappa shape index (κ3) is 6.25. The number of aryl methyl sites for hydroxylation is 1. The molecular formula is C14H24N2O. The molecule has 1 aromatic heterocycles. The molecule has 0 amide bonds. The highest BCUT2D eigenvalue weighted by atomic mass is 16.1. The summed E-state index contributed by atoms with van der Waals surface area (Å²) in [6.45, 7) is 2.22. The molecule has 0 aliphatic heterocycles. The van der Waals surface area contributed by atoms with E-state index in [-0.39, 0.29) is 0 Å². The van der Waals surface area contributed by atoms with Crippen molar-refractivity contribution in [2.45, 2.75) is 58.3 Å². The third-order valence-corrected chi connectivity index (χ3v) is 2.97. The molecule has 0 fully saturated rings. The highest BCUT2D eigenvalue weighted by Gasteiger charge is 2.05. The normalized spacial score (nSPS) is 10.7. The van der Waals surface area contributed by atoms with Crippen LogP contribution in [0.15, 0.2) is 12.4 Å². The highest BCUT2D eigenvalue weighted by Crippen LogP contribution is 2.08. The van der Waals surface area contributed by atoms with Gasteiger partial charge in [-0.25, -0.2) is 0 Å². The SMILES string of the molecule is CCCCCCCCC(=O)Cc1cnn(C)c1. The van der Waals surface area contributed by atoms with Crippen molar-refractivity contribution in [3.8, 4) is 0 Å². The molecule has 0 unspecified atom stereocenters. The first-order valence-corrected chi connectivity index (χ1v) is 6.71. The molecule has 0 aliphatic rings. The summed E-state index contributed by atoms with van der Waals surface area (Å²) in [5, 5.41) is 4.06. The van der Waals surface area contributed by atoms with Crippen molar-refractivity contribution in [3.63, 3.8) is 0 Å². The van der Waals surface area contributed by atoms with Crippen molar-refractivity contribution in [2.24, 2.45) is 7.05 Å². The predicted molar refractivity (Wildman–Crippen MR) is 69.9 cm³/mol. The smallest absolute Gasteiger partial charge is 0.137 e. The first kappa shape index (κ1) is 13.9. The van der Waals surface area contributed by atoms with Crippen LogP contribution in [-0.4, -0.2) is 15.6 Å². The molecule has 0 aliphatic carbocycles. The fourth-order valence-corrected chi connectivity index (χ4v) is 1.98. The van der Waals surface area contributed by atoms with Crippen molar-refractivity contribution < 1.29 is 4.79 Å². The molecule has 3 heteroatoms. The molecule has 1 rings (SSSR count). The van der Waals surface area contributed by atoms with Gasteiger partial charge in [0.05, 0.1) is 6.20 Å². The predicted octanol–water partition coefficient (Wildman–Crippen LogP) is 3.28. The number of carbonyl (C=O) groups excluding carboxylic acids is 1. The highest BCUT2D eigenvalue weighted by molar-refractivity contribution is 5.80. The van der Waals surface area contributed by atoms with Gasteiger partial charge in [0.2, 0.25) is 0 Å². The van der Waals surface area contributed by atoms with E-state index in [1.807, 2.05) is 13.2 Å². The largest absolute Gasteiger partial charge is 0.299 e. The van der Waals surface area contributed by atoms with Crippen molar-refractivity contribution >= 4 is 5.78 Å². The topological polar surface area (TPSA) is 34.9 Å². The second-order valence-electron chi connectivity index (χ2n) is 4.76. The van der Waals surface area contributed by atoms with E-state index < -0.39 is 0 Å². The fourth-order valence-electron chi connectivity index (χ4n) is 1.98. The zero-order chi connectivity index (χ0) is 12.5. The van der Waals surface area contributed by atoms with E-state index in [0.717, 1.165) is 18.4 Å². The van der Waals surface area contributed by atoms with Crippen molar-refractivity contribution in [1.82, 2.24) is 9.78 Å². The molecule has 0 radical (unpaired) electrons. The van der Waals surface area contributed by atoms with Gasteiger partial charge in [-0.3, -0.25) is 9.48 Å². The minimum Gasteiger partial charge on any atom is -0.299 e. The summed E-state index contributed by atoms with van der Waals surface area (Å²) in [5.41, 5.74) is 1.03. The van der Waals surface area contributed by atoms with E-state index in [4.69, 9.17) is 0 Å². The number of ketones is 1. The molecule has 0 saturated carbocycles. The Morgan fingerprint density at radius 1 is 1.24 bits per heavy atom. The van der Waals surface area contributed by atoms with Gasteiger partial charge in [0, 0.05) is 26.1 Å². The van der Waals surface area contributed by atoms with Crippen LogP contribution in [0.25, 0.3) is 0 Å². The third-order valence-electron chi connectivity index (χ3n) is 2.97. The Labute approximate surface area is 104 Å². The maximum absolute atomic E-state index is 11.7. The van der Waals surface area contributed by atoms with Crippen LogP contribution in [0.3, 0.4) is 0 Å². The molecule has 96 valence electrons. The van der Waals surface area contributed by atoms with Crippen LogP contribution < -0.4 is 0 Å². The first-order valence-electron chi connectivity index (χ1n) is 6.71. The van der Waals surface area contributed by atoms with Crippen LogP contribution >= 0.6 is 0 Å². The average molecular weight is 236 g/mol. The Hall–Kier alpha value is -1.12. The summed E-state index contributed by atoms with van der Waals surface area (Å²) in [6.07, 6.45) is 12.4. The molecule has 1 heterocycles. The van der Waals surface area contributed by atoms with Gasteiger partial charge in [0.25, 0.3) is 0 Å². The number of unbranched alkanes of at least 4 members (excludes halogenated alkanes) is 5. The van der Waals surface area contributed by atoms with Gasteiger partial charge in [-0.05, 0) is 12.0 Å². The fraction of sp³-hybridized carbons (Fsp3) is 0.714. The average Bonchev–Trinajstić information content (AvgIpc) is 2.69. The van der Waals surface area contributed by atoms with Gasteiger partial charge in [0.15, 0.2) is 0 Å². The maximum Gasteiger partial charge on any atom is 0.137 e. The van der Waals surface area contributed by atoms with Crippen LogP contribution in [0.5, 0.6) is 0 Å². The van der Waals surface area contributed by atoms with Crippen LogP contribution in [0.2, 0.25) is 0 Å². The lowest BCUT2D eigenvalue weighted by atomic mass is 10.0. The lowest BCUT2D eigenvalue weighted by Crippen LogP contribution is -2.01. The van der Waals surface area contributed by atoms with E-state index in [9.17, 15) is 4.79 Å². The van der Waals surface area contributed by atoms with E-state index in [0.29, 0.717) is 12.2 Å². The minimum absolute atomic E-state index is 0.341. The zero-order valence-corrected chi connectivity index (χ0v) is 11.1. The lowest BCUT2D eigenvalue weighted by Gasteiger charge is -2.00. The summed E-state index contributed by atoms with van der Waals surface area (Å²) in [5.74, 6) is 0.341. The Morgan fingerprint density at radius 3 is 2.59 bits per heavy atom. The molecule has 3 nitrogen and oxygen atoms in total. The van der Waals surface area contributed by atoms with Crippen LogP contribution in [0.1, 0.15) is 57.4 Å². The van der Waals surface area contributed by atoms with Crippen LogP contribution in [0, 0.1) is 0 Å². The summed E-state index contributed by atoms with van der Waals surface area (Å²) in [4.78, 5) is 11.7. The maximum atomic E-state index is 11.7. The van der Waals surface area contributed by atoms with Gasteiger partial charge in [-0.15, -0.1) is 0 Å². The Kier molecular flexibility index (Phi) is 6.60. The first-order chi connectivity index (χ1) is 8.22. The minimum atomic E-state index is 0.341. The standard InChI is InChI=1S/C14H24N2O/c1-3-4-5-6-7-8-9-14(17)10-13-11-15-16(2)12-13/h11-12H,3-10H2,1-2H3. The van der Waals surface area contributed by atoms with Crippen molar-refractivity contribution in [1.29, 1.82) is 0 Å². The summed E-state index contributed by atoms with van der Waals surface area (Å²) in [6, 6.07) is 0. The number of Topliss-reactive ketones (excluding diaryl/α,β-unsaturated/α-hetero) is 1. The molecule has 0 bridgehead atoms. The van der Waals surface area contributed by atoms with Crippen molar-refractivity contribution in [2.75, 3.05) is 0 Å². The number of rotatable bonds is 9. The monoisotopic (exact) mass is 236 g/mol. The van der Waals surface area contributed by atoms with E-state index in [2.05, 4.69) is 12.0 Å². The molecule has 0 atom stereocenters. The quantitative estimate of drug-likeness (QED) is 0.617. The summed E-state index contributed by atoms with van der Waals surface area (Å²) < 4.78 is 1.74. The Morgan fingerprint density at radius 2 is 1.94 bits per heavy atom. The Bertz CT molecular complexity index is 331. The van der Waals surface area contributed by atoms with Crippen LogP contribution in [0.4, 0.5) is 0 Å². The molecule has 0 aromatic carbocycles. The van der Waals surface area contributed by atoms with E-state index in [1.165, 1.54) is 32.1 Å². The number of hydrogen-bond acceptors (Lipinski definition) is 2. The second-order valence-corrected chi connectivity index (χ2v) is 4.76. The molecule has 0 saturated heterocycles. The van der Waals surface area contributed by atoms with Gasteiger partial charge in [-0.1, -0.05) is 39.0 Å². The van der Waals surface area contributed by atoms with Gasteiger partial charge in [0.1, 0.15) is 5.78 Å². The zero-order valence-electron chi connectivity index (χ0n) is 11.1. The molecule has 0 N–H and O–H groups in total. The summed E-state index contributed by atoms with van der Waals surface area (Å²) in [7, 11) is 1.88. The molecule has 0 spiro atoms.